The molecule has 4 N–H and O–H groups in total. The maximum atomic E-state index is 13.6. The van der Waals surface area contributed by atoms with E-state index in [1.54, 1.807) is 42.5 Å². The minimum Gasteiger partial charge on any atom is -0.348 e. The SMILES string of the molecule is CC(C)C[C@H](N)C(=O)Nc1ccc(C(=O)NCc2ccccc2F)cc1.Cl. The second kappa shape index (κ2) is 10.6. The highest BCUT2D eigenvalue weighted by atomic mass is 35.5. The van der Waals surface area contributed by atoms with E-state index in [1.165, 1.54) is 6.07 Å². The maximum absolute atomic E-state index is 13.6. The first-order chi connectivity index (χ1) is 12.4. The molecule has 0 aliphatic heterocycles. The smallest absolute Gasteiger partial charge is 0.251 e. The Morgan fingerprint density at radius 1 is 1.07 bits per heavy atom. The van der Waals surface area contributed by atoms with Crippen molar-refractivity contribution in [3.63, 3.8) is 0 Å². The fourth-order valence-electron chi connectivity index (χ4n) is 2.47. The molecule has 2 amide bonds. The largest absolute Gasteiger partial charge is 0.348 e. The normalized spacial score (nSPS) is 11.4. The van der Waals surface area contributed by atoms with Crippen molar-refractivity contribution >= 4 is 29.9 Å². The lowest BCUT2D eigenvalue weighted by atomic mass is 10.0. The summed E-state index contributed by atoms with van der Waals surface area (Å²) >= 11 is 0. The minimum absolute atomic E-state index is 0. The third kappa shape index (κ3) is 7.00. The molecule has 2 aromatic carbocycles. The van der Waals surface area contributed by atoms with Gasteiger partial charge in [-0.2, -0.15) is 0 Å². The molecule has 0 spiro atoms. The van der Waals surface area contributed by atoms with Gasteiger partial charge in [0, 0.05) is 23.4 Å². The first kappa shape index (κ1) is 22.6. The van der Waals surface area contributed by atoms with Crippen LogP contribution in [-0.4, -0.2) is 17.9 Å². The summed E-state index contributed by atoms with van der Waals surface area (Å²) in [5.74, 6) is -0.599. The Hall–Kier alpha value is -2.44. The molecular weight excluding hydrogens is 369 g/mol. The van der Waals surface area contributed by atoms with Crippen LogP contribution in [0.2, 0.25) is 0 Å². The van der Waals surface area contributed by atoms with Gasteiger partial charge in [0.15, 0.2) is 0 Å². The van der Waals surface area contributed by atoms with Crippen LogP contribution in [0.3, 0.4) is 0 Å². The number of hydrogen-bond donors (Lipinski definition) is 3. The van der Waals surface area contributed by atoms with E-state index in [9.17, 15) is 14.0 Å². The number of halogens is 2. The summed E-state index contributed by atoms with van der Waals surface area (Å²) in [5.41, 5.74) is 7.26. The van der Waals surface area contributed by atoms with Crippen LogP contribution in [0.1, 0.15) is 36.2 Å². The molecule has 0 aromatic heterocycles. The first-order valence-electron chi connectivity index (χ1n) is 8.55. The molecule has 0 fully saturated rings. The molecule has 1 atom stereocenters. The highest BCUT2D eigenvalue weighted by molar-refractivity contribution is 5.97. The Bertz CT molecular complexity index is 766. The Morgan fingerprint density at radius 2 is 1.70 bits per heavy atom. The van der Waals surface area contributed by atoms with Gasteiger partial charge in [-0.25, -0.2) is 4.39 Å². The number of amides is 2. The van der Waals surface area contributed by atoms with Gasteiger partial charge in [-0.1, -0.05) is 32.0 Å². The number of anilines is 1. The molecule has 2 aromatic rings. The van der Waals surface area contributed by atoms with Gasteiger partial charge in [0.05, 0.1) is 6.04 Å². The molecule has 27 heavy (non-hydrogen) atoms. The van der Waals surface area contributed by atoms with Gasteiger partial charge in [-0.15, -0.1) is 12.4 Å². The predicted octanol–water partition coefficient (Wildman–Crippen LogP) is 3.49. The van der Waals surface area contributed by atoms with Crippen LogP contribution in [0.15, 0.2) is 48.5 Å². The first-order valence-corrected chi connectivity index (χ1v) is 8.55. The highest BCUT2D eigenvalue weighted by Gasteiger charge is 2.15. The predicted molar refractivity (Wildman–Crippen MR) is 107 cm³/mol. The van der Waals surface area contributed by atoms with Crippen LogP contribution in [-0.2, 0) is 11.3 Å². The summed E-state index contributed by atoms with van der Waals surface area (Å²) in [6.45, 7) is 4.11. The zero-order valence-electron chi connectivity index (χ0n) is 15.4. The zero-order valence-corrected chi connectivity index (χ0v) is 16.2. The molecule has 2 rings (SSSR count). The van der Waals surface area contributed by atoms with Crippen molar-refractivity contribution in [3.8, 4) is 0 Å². The Morgan fingerprint density at radius 3 is 2.30 bits per heavy atom. The molecule has 0 bridgehead atoms. The van der Waals surface area contributed by atoms with Crippen LogP contribution < -0.4 is 16.4 Å². The summed E-state index contributed by atoms with van der Waals surface area (Å²) in [7, 11) is 0. The number of carbonyl (C=O) groups excluding carboxylic acids is 2. The van der Waals surface area contributed by atoms with E-state index in [2.05, 4.69) is 10.6 Å². The lowest BCUT2D eigenvalue weighted by molar-refractivity contribution is -0.117. The van der Waals surface area contributed by atoms with Gasteiger partial charge in [-0.05, 0) is 42.7 Å². The number of nitrogens with one attached hydrogen (secondary N) is 2. The summed E-state index contributed by atoms with van der Waals surface area (Å²) in [4.78, 5) is 24.2. The van der Waals surface area contributed by atoms with E-state index in [-0.39, 0.29) is 36.6 Å². The Balaban J connectivity index is 0.00000364. The summed E-state index contributed by atoms with van der Waals surface area (Å²) < 4.78 is 13.6. The second-order valence-corrected chi connectivity index (χ2v) is 6.58. The van der Waals surface area contributed by atoms with Crippen LogP contribution in [0.5, 0.6) is 0 Å². The maximum Gasteiger partial charge on any atom is 0.251 e. The fraction of sp³-hybridized carbons (Fsp3) is 0.300. The average Bonchev–Trinajstić information content (AvgIpc) is 2.60. The quantitative estimate of drug-likeness (QED) is 0.673. The number of nitrogens with two attached hydrogens (primary N) is 1. The monoisotopic (exact) mass is 393 g/mol. The van der Waals surface area contributed by atoms with Crippen molar-refractivity contribution in [2.75, 3.05) is 5.32 Å². The van der Waals surface area contributed by atoms with Crippen LogP contribution in [0, 0.1) is 11.7 Å². The Kier molecular flexibility index (Phi) is 8.91. The summed E-state index contributed by atoms with van der Waals surface area (Å²) in [5, 5.41) is 5.40. The number of rotatable bonds is 7. The third-order valence-electron chi connectivity index (χ3n) is 3.87. The van der Waals surface area contributed by atoms with E-state index >= 15 is 0 Å². The van der Waals surface area contributed by atoms with E-state index < -0.39 is 6.04 Å². The molecular formula is C20H25ClFN3O2. The van der Waals surface area contributed by atoms with Crippen molar-refractivity contribution in [2.24, 2.45) is 11.7 Å². The van der Waals surface area contributed by atoms with Crippen LogP contribution in [0.25, 0.3) is 0 Å². The zero-order chi connectivity index (χ0) is 19.1. The molecule has 0 heterocycles. The van der Waals surface area contributed by atoms with Gasteiger partial charge < -0.3 is 16.4 Å². The van der Waals surface area contributed by atoms with Crippen LogP contribution in [0.4, 0.5) is 10.1 Å². The van der Waals surface area contributed by atoms with E-state index in [0.717, 1.165) is 0 Å². The molecule has 7 heteroatoms. The number of benzene rings is 2. The molecule has 0 aliphatic rings. The molecule has 0 radical (unpaired) electrons. The van der Waals surface area contributed by atoms with Crippen LogP contribution >= 0.6 is 12.4 Å². The average molecular weight is 394 g/mol. The van der Waals surface area contributed by atoms with Gasteiger partial charge in [0.2, 0.25) is 5.91 Å². The number of hydrogen-bond acceptors (Lipinski definition) is 3. The molecule has 0 saturated heterocycles. The lowest BCUT2D eigenvalue weighted by Gasteiger charge is -2.14. The molecule has 0 aliphatic carbocycles. The van der Waals surface area contributed by atoms with Gasteiger partial charge in [-0.3, -0.25) is 9.59 Å². The molecule has 0 unspecified atom stereocenters. The van der Waals surface area contributed by atoms with E-state index in [4.69, 9.17) is 5.73 Å². The van der Waals surface area contributed by atoms with Gasteiger partial charge >= 0.3 is 0 Å². The van der Waals surface area contributed by atoms with Crippen molar-refractivity contribution in [1.29, 1.82) is 0 Å². The number of carbonyl (C=O) groups is 2. The van der Waals surface area contributed by atoms with Crippen molar-refractivity contribution in [2.45, 2.75) is 32.9 Å². The Labute approximate surface area is 164 Å². The summed E-state index contributed by atoms with van der Waals surface area (Å²) in [6.07, 6.45) is 0.600. The van der Waals surface area contributed by atoms with Gasteiger partial charge in [0.1, 0.15) is 5.82 Å². The molecule has 0 saturated carbocycles. The minimum atomic E-state index is -0.571. The van der Waals surface area contributed by atoms with Crippen molar-refractivity contribution < 1.29 is 14.0 Å². The molecule has 146 valence electrons. The van der Waals surface area contributed by atoms with E-state index in [1.807, 2.05) is 13.8 Å². The lowest BCUT2D eigenvalue weighted by Crippen LogP contribution is -2.36. The topological polar surface area (TPSA) is 84.2 Å². The fourth-order valence-corrected chi connectivity index (χ4v) is 2.47. The standard InChI is InChI=1S/C20H24FN3O2.ClH/c1-13(2)11-18(22)20(26)24-16-9-7-14(8-10-16)19(25)23-12-15-5-3-4-6-17(15)21;/h3-10,13,18H,11-12,22H2,1-2H3,(H,23,25)(H,24,26);1H/t18-;/m0./s1. The third-order valence-corrected chi connectivity index (χ3v) is 3.87. The van der Waals surface area contributed by atoms with Crippen molar-refractivity contribution in [1.82, 2.24) is 5.32 Å². The molecule has 5 nitrogen and oxygen atoms in total. The summed E-state index contributed by atoms with van der Waals surface area (Å²) in [6, 6.07) is 12.2. The van der Waals surface area contributed by atoms with E-state index in [0.29, 0.717) is 29.2 Å². The highest BCUT2D eigenvalue weighted by Crippen LogP contribution is 2.12. The van der Waals surface area contributed by atoms with Gasteiger partial charge in [0.25, 0.3) is 5.91 Å². The second-order valence-electron chi connectivity index (χ2n) is 6.58. The van der Waals surface area contributed by atoms with Crippen molar-refractivity contribution in [3.05, 3.63) is 65.5 Å².